The highest BCUT2D eigenvalue weighted by Crippen LogP contribution is 2.61. The molecule has 0 aromatic carbocycles. The van der Waals surface area contributed by atoms with E-state index in [2.05, 4.69) is 25.9 Å². The van der Waals surface area contributed by atoms with Crippen molar-refractivity contribution in [2.24, 2.45) is 23.2 Å². The second kappa shape index (κ2) is 4.78. The van der Waals surface area contributed by atoms with Gasteiger partial charge in [-0.25, -0.2) is 0 Å². The number of aromatic amines is 1. The van der Waals surface area contributed by atoms with E-state index >= 15 is 0 Å². The molecule has 1 aromatic rings. The molecule has 1 amide bonds. The molecule has 21 heavy (non-hydrogen) atoms. The SMILES string of the molecule is C[C@H](NC(=O)CC12CC3CC(CC(C3)C1)C2)c1nn[nH]n1. The van der Waals surface area contributed by atoms with Gasteiger partial charge in [0.25, 0.3) is 0 Å². The normalized spacial score (nSPS) is 38.4. The fourth-order valence-electron chi connectivity index (χ4n) is 5.56. The number of rotatable bonds is 4. The van der Waals surface area contributed by atoms with Crippen molar-refractivity contribution in [3.63, 3.8) is 0 Å². The number of carbonyl (C=O) groups is 1. The maximum atomic E-state index is 12.4. The largest absolute Gasteiger partial charge is 0.346 e. The molecule has 5 rings (SSSR count). The van der Waals surface area contributed by atoms with Crippen molar-refractivity contribution in [1.82, 2.24) is 25.9 Å². The van der Waals surface area contributed by atoms with Crippen LogP contribution < -0.4 is 5.32 Å². The average molecular weight is 289 g/mol. The second-order valence-electron chi connectivity index (χ2n) is 7.65. The summed E-state index contributed by atoms with van der Waals surface area (Å²) in [6.45, 7) is 1.91. The smallest absolute Gasteiger partial charge is 0.221 e. The molecule has 114 valence electrons. The zero-order valence-electron chi connectivity index (χ0n) is 12.5. The minimum Gasteiger partial charge on any atom is -0.346 e. The molecule has 0 radical (unpaired) electrons. The van der Waals surface area contributed by atoms with Gasteiger partial charge in [0.1, 0.15) is 0 Å². The number of aromatic nitrogens is 4. The monoisotopic (exact) mass is 289 g/mol. The fourth-order valence-corrected chi connectivity index (χ4v) is 5.56. The molecule has 1 aromatic heterocycles. The summed E-state index contributed by atoms with van der Waals surface area (Å²) in [5.74, 6) is 3.36. The summed E-state index contributed by atoms with van der Waals surface area (Å²) in [4.78, 5) is 12.4. The predicted molar refractivity (Wildman–Crippen MR) is 76.0 cm³/mol. The van der Waals surface area contributed by atoms with Crippen LogP contribution in [0.2, 0.25) is 0 Å². The van der Waals surface area contributed by atoms with Crippen LogP contribution in [0.1, 0.15) is 63.7 Å². The van der Waals surface area contributed by atoms with Crippen LogP contribution in [-0.2, 0) is 4.79 Å². The summed E-state index contributed by atoms with van der Waals surface area (Å²) in [5.41, 5.74) is 0.288. The van der Waals surface area contributed by atoms with E-state index in [1.807, 2.05) is 6.92 Å². The van der Waals surface area contributed by atoms with Crippen molar-refractivity contribution in [2.75, 3.05) is 0 Å². The third-order valence-electron chi connectivity index (χ3n) is 5.83. The Kier molecular flexibility index (Phi) is 3.01. The molecule has 0 aliphatic heterocycles. The predicted octanol–water partition coefficient (Wildman–Crippen LogP) is 1.98. The number of H-pyrrole nitrogens is 1. The van der Waals surface area contributed by atoms with Crippen LogP contribution in [0.4, 0.5) is 0 Å². The molecule has 2 N–H and O–H groups in total. The molecule has 6 nitrogen and oxygen atoms in total. The first kappa shape index (κ1) is 13.2. The van der Waals surface area contributed by atoms with Gasteiger partial charge in [0.15, 0.2) is 5.82 Å². The molecule has 4 fully saturated rings. The first-order valence-corrected chi connectivity index (χ1v) is 8.15. The number of amides is 1. The van der Waals surface area contributed by atoms with Crippen LogP contribution >= 0.6 is 0 Å². The van der Waals surface area contributed by atoms with E-state index in [4.69, 9.17) is 0 Å². The Labute approximate surface area is 124 Å². The van der Waals surface area contributed by atoms with Crippen LogP contribution in [-0.4, -0.2) is 26.5 Å². The Hall–Kier alpha value is -1.46. The minimum absolute atomic E-state index is 0.147. The zero-order valence-corrected chi connectivity index (χ0v) is 12.5. The van der Waals surface area contributed by atoms with Gasteiger partial charge in [0.05, 0.1) is 6.04 Å². The Morgan fingerprint density at radius 2 is 1.90 bits per heavy atom. The van der Waals surface area contributed by atoms with Gasteiger partial charge in [0.2, 0.25) is 5.91 Å². The summed E-state index contributed by atoms with van der Waals surface area (Å²) >= 11 is 0. The third kappa shape index (κ3) is 2.45. The summed E-state index contributed by atoms with van der Waals surface area (Å²) in [6, 6.07) is -0.176. The second-order valence-corrected chi connectivity index (χ2v) is 7.65. The number of nitrogens with zero attached hydrogens (tertiary/aromatic N) is 3. The Morgan fingerprint density at radius 3 is 2.43 bits per heavy atom. The highest BCUT2D eigenvalue weighted by molar-refractivity contribution is 5.77. The van der Waals surface area contributed by atoms with E-state index in [9.17, 15) is 4.79 Å². The van der Waals surface area contributed by atoms with Crippen molar-refractivity contribution >= 4 is 5.91 Å². The zero-order chi connectivity index (χ0) is 14.4. The Balaban J connectivity index is 1.40. The van der Waals surface area contributed by atoms with Crippen molar-refractivity contribution in [1.29, 1.82) is 0 Å². The molecule has 0 spiro atoms. The fraction of sp³-hybridized carbons (Fsp3) is 0.867. The molecule has 0 saturated heterocycles. The highest BCUT2D eigenvalue weighted by atomic mass is 16.1. The molecule has 4 saturated carbocycles. The van der Waals surface area contributed by atoms with Gasteiger partial charge in [-0.05, 0) is 68.6 Å². The van der Waals surface area contributed by atoms with Gasteiger partial charge in [-0.2, -0.15) is 5.21 Å². The molecule has 6 heteroatoms. The van der Waals surface area contributed by atoms with Crippen LogP contribution in [0, 0.1) is 23.2 Å². The lowest BCUT2D eigenvalue weighted by atomic mass is 9.49. The van der Waals surface area contributed by atoms with Gasteiger partial charge in [0, 0.05) is 6.42 Å². The van der Waals surface area contributed by atoms with E-state index in [0.29, 0.717) is 12.2 Å². The quantitative estimate of drug-likeness (QED) is 0.887. The van der Waals surface area contributed by atoms with E-state index in [1.165, 1.54) is 38.5 Å². The van der Waals surface area contributed by atoms with Gasteiger partial charge in [-0.1, -0.05) is 5.21 Å². The number of tetrazole rings is 1. The third-order valence-corrected chi connectivity index (χ3v) is 5.83. The van der Waals surface area contributed by atoms with Gasteiger partial charge >= 0.3 is 0 Å². The molecular weight excluding hydrogens is 266 g/mol. The van der Waals surface area contributed by atoms with Crippen LogP contribution in [0.3, 0.4) is 0 Å². The maximum absolute atomic E-state index is 12.4. The van der Waals surface area contributed by atoms with Gasteiger partial charge in [-0.15, -0.1) is 10.2 Å². The molecule has 4 aliphatic carbocycles. The number of hydrogen-bond donors (Lipinski definition) is 2. The summed E-state index contributed by atoms with van der Waals surface area (Å²) in [7, 11) is 0. The van der Waals surface area contributed by atoms with Crippen LogP contribution in [0.5, 0.6) is 0 Å². The highest BCUT2D eigenvalue weighted by Gasteiger charge is 2.51. The average Bonchev–Trinajstić information content (AvgIpc) is 2.89. The van der Waals surface area contributed by atoms with Gasteiger partial charge in [-0.3, -0.25) is 4.79 Å². The minimum atomic E-state index is -0.176. The maximum Gasteiger partial charge on any atom is 0.221 e. The molecule has 1 atom stereocenters. The van der Waals surface area contributed by atoms with Crippen LogP contribution in [0.25, 0.3) is 0 Å². The molecule has 4 aliphatic rings. The molecular formula is C15H23N5O. The topological polar surface area (TPSA) is 83.6 Å². The molecule has 0 unspecified atom stereocenters. The first-order chi connectivity index (χ1) is 10.1. The van der Waals surface area contributed by atoms with Crippen molar-refractivity contribution in [3.05, 3.63) is 5.82 Å². The van der Waals surface area contributed by atoms with Crippen molar-refractivity contribution < 1.29 is 4.79 Å². The lowest BCUT2D eigenvalue weighted by Crippen LogP contribution is -2.48. The van der Waals surface area contributed by atoms with E-state index in [1.54, 1.807) is 0 Å². The number of carbonyl (C=O) groups excluding carboxylic acids is 1. The van der Waals surface area contributed by atoms with Crippen molar-refractivity contribution in [3.8, 4) is 0 Å². The van der Waals surface area contributed by atoms with Crippen LogP contribution in [0.15, 0.2) is 0 Å². The molecule has 1 heterocycles. The van der Waals surface area contributed by atoms with Gasteiger partial charge < -0.3 is 5.32 Å². The van der Waals surface area contributed by atoms with E-state index in [-0.39, 0.29) is 17.4 Å². The summed E-state index contributed by atoms with van der Waals surface area (Å²) in [5, 5.41) is 16.9. The Bertz CT molecular complexity index is 491. The van der Waals surface area contributed by atoms with E-state index < -0.39 is 0 Å². The van der Waals surface area contributed by atoms with Crippen molar-refractivity contribution in [2.45, 2.75) is 57.9 Å². The standard InChI is InChI=1S/C15H23N5O/c1-9(14-17-19-20-18-14)16-13(21)8-15-5-10-2-11(6-15)4-12(3-10)7-15/h9-12H,2-8H2,1H3,(H,16,21)(H,17,18,19,20)/t9-,10?,11?,12?,15?/m0/s1. The molecule has 4 bridgehead atoms. The lowest BCUT2D eigenvalue weighted by Gasteiger charge is -2.56. The Morgan fingerprint density at radius 1 is 1.29 bits per heavy atom. The lowest BCUT2D eigenvalue weighted by molar-refractivity contribution is -0.130. The number of hydrogen-bond acceptors (Lipinski definition) is 4. The summed E-state index contributed by atoms with van der Waals surface area (Å²) in [6.07, 6.45) is 8.73. The van der Waals surface area contributed by atoms with E-state index in [0.717, 1.165) is 17.8 Å². The number of nitrogens with one attached hydrogen (secondary N) is 2. The first-order valence-electron chi connectivity index (χ1n) is 8.15. The summed E-state index contributed by atoms with van der Waals surface area (Å²) < 4.78 is 0.